The molecule has 2 aromatic rings. The summed E-state index contributed by atoms with van der Waals surface area (Å²) in [7, 11) is 1.19. The average molecular weight is 509 g/mol. The lowest BCUT2D eigenvalue weighted by Gasteiger charge is -2.34. The molecule has 6 nitrogen and oxygen atoms in total. The maximum absolute atomic E-state index is 13.2. The molecular weight excluding hydrogens is 488 g/mol. The Kier molecular flexibility index (Phi) is 7.74. The summed E-state index contributed by atoms with van der Waals surface area (Å²) in [5.41, 5.74) is -3.63. The van der Waals surface area contributed by atoms with E-state index in [2.05, 4.69) is 15.0 Å². The van der Waals surface area contributed by atoms with Crippen LogP contribution in [0, 0.1) is 0 Å². The number of amides is 2. The normalized spacial score (nSPS) is 15.1. The number of halogens is 6. The van der Waals surface area contributed by atoms with Crippen molar-refractivity contribution in [1.29, 1.82) is 0 Å². The number of benzene rings is 1. The van der Waals surface area contributed by atoms with E-state index in [-0.39, 0.29) is 24.3 Å². The molecule has 0 spiro atoms. The van der Waals surface area contributed by atoms with Crippen LogP contribution in [-0.2, 0) is 23.6 Å². The van der Waals surface area contributed by atoms with Crippen molar-refractivity contribution >= 4 is 29.0 Å². The first kappa shape index (κ1) is 25.8. The van der Waals surface area contributed by atoms with Crippen molar-refractivity contribution in [2.24, 2.45) is 0 Å². The van der Waals surface area contributed by atoms with Crippen molar-refractivity contribution in [3.8, 4) is 0 Å². The zero-order valence-corrected chi connectivity index (χ0v) is 18.7. The van der Waals surface area contributed by atoms with Gasteiger partial charge >= 0.3 is 24.4 Å². The maximum Gasteiger partial charge on any atom is 0.416 e. The van der Waals surface area contributed by atoms with Gasteiger partial charge in [0, 0.05) is 17.1 Å². The molecule has 0 aliphatic heterocycles. The monoisotopic (exact) mass is 509 g/mol. The summed E-state index contributed by atoms with van der Waals surface area (Å²) >= 11 is 1.09. The molecule has 0 bridgehead atoms. The Hall–Kier alpha value is -2.83. The molecule has 1 aromatic carbocycles. The lowest BCUT2D eigenvalue weighted by molar-refractivity contribution is -0.143. The second-order valence-electron chi connectivity index (χ2n) is 7.76. The molecule has 13 heteroatoms. The third-order valence-electron chi connectivity index (χ3n) is 5.37. The third kappa shape index (κ3) is 6.39. The fourth-order valence-electron chi connectivity index (χ4n) is 3.71. The highest BCUT2D eigenvalue weighted by Gasteiger charge is 2.37. The first-order chi connectivity index (χ1) is 15.9. The molecule has 1 fully saturated rings. The lowest BCUT2D eigenvalue weighted by atomic mass is 9.94. The summed E-state index contributed by atoms with van der Waals surface area (Å²) in [6.07, 6.45) is -6.22. The van der Waals surface area contributed by atoms with Crippen molar-refractivity contribution in [1.82, 2.24) is 9.88 Å². The van der Waals surface area contributed by atoms with Crippen molar-refractivity contribution in [2.45, 2.75) is 57.0 Å². The van der Waals surface area contributed by atoms with Gasteiger partial charge < -0.3 is 15.0 Å². The standard InChI is InChI=1S/C21H21F6N3O3S/c1-33-18(31)16-11-34-17(29-16)10-30(15-5-3-2-4-6-15)19(32)28-14-8-12(20(22,23)24)7-13(9-14)21(25,26)27/h7-9,11,15H,2-6,10H2,1H3,(H,28,32). The van der Waals surface area contributed by atoms with E-state index in [0.29, 0.717) is 30.0 Å². The fraction of sp³-hybridized carbons (Fsp3) is 0.476. The third-order valence-corrected chi connectivity index (χ3v) is 6.20. The zero-order valence-electron chi connectivity index (χ0n) is 17.9. The smallest absolute Gasteiger partial charge is 0.416 e. The number of alkyl halides is 6. The van der Waals surface area contributed by atoms with Gasteiger partial charge in [0.25, 0.3) is 0 Å². The van der Waals surface area contributed by atoms with Crippen LogP contribution in [0.2, 0.25) is 0 Å². The Morgan fingerprint density at radius 2 is 1.65 bits per heavy atom. The number of methoxy groups -OCH3 is 1. The van der Waals surface area contributed by atoms with Gasteiger partial charge in [-0.3, -0.25) is 0 Å². The molecule has 2 amide bonds. The number of nitrogens with one attached hydrogen (secondary N) is 1. The number of carbonyl (C=O) groups excluding carboxylic acids is 2. The van der Waals surface area contributed by atoms with Crippen LogP contribution in [0.5, 0.6) is 0 Å². The van der Waals surface area contributed by atoms with Crippen LogP contribution < -0.4 is 5.32 Å². The maximum atomic E-state index is 13.2. The molecule has 0 unspecified atom stereocenters. The van der Waals surface area contributed by atoms with Gasteiger partial charge in [0.15, 0.2) is 5.69 Å². The van der Waals surface area contributed by atoms with Crippen LogP contribution in [0.3, 0.4) is 0 Å². The van der Waals surface area contributed by atoms with Gasteiger partial charge in [0.2, 0.25) is 0 Å². The molecule has 0 radical (unpaired) electrons. The number of nitrogens with zero attached hydrogens (tertiary/aromatic N) is 2. The van der Waals surface area contributed by atoms with Gasteiger partial charge in [-0.25, -0.2) is 14.6 Å². The number of esters is 1. The van der Waals surface area contributed by atoms with Gasteiger partial charge in [-0.05, 0) is 31.0 Å². The lowest BCUT2D eigenvalue weighted by Crippen LogP contribution is -2.43. The second-order valence-corrected chi connectivity index (χ2v) is 8.71. The molecule has 1 aromatic heterocycles. The minimum absolute atomic E-state index is 0.00152. The predicted octanol–water partition coefficient (Wildman–Crippen LogP) is 6.33. The van der Waals surface area contributed by atoms with Gasteiger partial charge in [-0.2, -0.15) is 26.3 Å². The van der Waals surface area contributed by atoms with E-state index in [1.54, 1.807) is 0 Å². The van der Waals surface area contributed by atoms with Gasteiger partial charge in [0.1, 0.15) is 5.01 Å². The predicted molar refractivity (Wildman–Crippen MR) is 111 cm³/mol. The quantitative estimate of drug-likeness (QED) is 0.378. The van der Waals surface area contributed by atoms with E-state index < -0.39 is 41.2 Å². The summed E-state index contributed by atoms with van der Waals surface area (Å²) in [5, 5.41) is 4.02. The Morgan fingerprint density at radius 3 is 2.18 bits per heavy atom. The van der Waals surface area contributed by atoms with Gasteiger partial charge in [0.05, 0.1) is 24.8 Å². The number of hydrogen-bond donors (Lipinski definition) is 1. The number of urea groups is 1. The number of anilines is 1. The van der Waals surface area contributed by atoms with Crippen LogP contribution in [0.1, 0.15) is 58.7 Å². The number of hydrogen-bond acceptors (Lipinski definition) is 5. The fourth-order valence-corrected chi connectivity index (χ4v) is 4.47. The minimum Gasteiger partial charge on any atom is -0.464 e. The summed E-state index contributed by atoms with van der Waals surface area (Å²) in [4.78, 5) is 30.2. The Morgan fingerprint density at radius 1 is 1.06 bits per heavy atom. The number of carbonyl (C=O) groups is 2. The Bertz CT molecular complexity index is 999. The van der Waals surface area contributed by atoms with Crippen LogP contribution in [0.4, 0.5) is 36.8 Å². The molecule has 1 aliphatic rings. The van der Waals surface area contributed by atoms with Crippen LogP contribution >= 0.6 is 11.3 Å². The molecule has 0 saturated heterocycles. The van der Waals surface area contributed by atoms with E-state index in [1.807, 2.05) is 0 Å². The first-order valence-electron chi connectivity index (χ1n) is 10.3. The number of aromatic nitrogens is 1. The molecule has 1 aliphatic carbocycles. The van der Waals surface area contributed by atoms with E-state index in [0.717, 1.165) is 30.6 Å². The van der Waals surface area contributed by atoms with Crippen LogP contribution in [0.25, 0.3) is 0 Å². The molecule has 0 atom stereocenters. The number of ether oxygens (including phenoxy) is 1. The molecule has 1 saturated carbocycles. The van der Waals surface area contributed by atoms with Crippen LogP contribution in [-0.4, -0.2) is 35.0 Å². The molecule has 1 heterocycles. The Balaban J connectivity index is 1.89. The summed E-state index contributed by atoms with van der Waals surface area (Å²) in [6, 6.07) is -0.213. The molecule has 3 rings (SSSR count). The first-order valence-corrected chi connectivity index (χ1v) is 11.2. The van der Waals surface area contributed by atoms with E-state index in [4.69, 9.17) is 0 Å². The van der Waals surface area contributed by atoms with Crippen LogP contribution in [0.15, 0.2) is 23.6 Å². The SMILES string of the molecule is COC(=O)c1csc(CN(C(=O)Nc2cc(C(F)(F)F)cc(C(F)(F)F)c2)C2CCCCC2)n1. The summed E-state index contributed by atoms with van der Waals surface area (Å²) < 4.78 is 83.6. The summed E-state index contributed by atoms with van der Waals surface area (Å²) in [6.45, 7) is -0.0662. The van der Waals surface area contributed by atoms with Gasteiger partial charge in [-0.1, -0.05) is 19.3 Å². The highest BCUT2D eigenvalue weighted by Crippen LogP contribution is 2.38. The van der Waals surface area contributed by atoms with E-state index in [9.17, 15) is 35.9 Å². The van der Waals surface area contributed by atoms with Crippen molar-refractivity contribution in [2.75, 3.05) is 12.4 Å². The highest BCUT2D eigenvalue weighted by atomic mass is 32.1. The zero-order chi connectivity index (χ0) is 25.1. The van der Waals surface area contributed by atoms with Gasteiger partial charge in [-0.15, -0.1) is 11.3 Å². The molecule has 1 N–H and O–H groups in total. The molecule has 34 heavy (non-hydrogen) atoms. The topological polar surface area (TPSA) is 71.5 Å². The van der Waals surface area contributed by atoms with E-state index in [1.165, 1.54) is 17.4 Å². The minimum atomic E-state index is -5.03. The molecular formula is C21H21F6N3O3S. The average Bonchev–Trinajstić information content (AvgIpc) is 3.25. The number of rotatable bonds is 5. The van der Waals surface area contributed by atoms with Crippen molar-refractivity contribution < 1.29 is 40.7 Å². The highest BCUT2D eigenvalue weighted by molar-refractivity contribution is 7.09. The Labute approximate surface area is 194 Å². The second kappa shape index (κ2) is 10.2. The van der Waals surface area contributed by atoms with Crippen molar-refractivity contribution in [3.05, 3.63) is 45.4 Å². The summed E-state index contributed by atoms with van der Waals surface area (Å²) in [5.74, 6) is -0.667. The number of thiazole rings is 1. The van der Waals surface area contributed by atoms with E-state index >= 15 is 0 Å². The molecule has 186 valence electrons. The largest absolute Gasteiger partial charge is 0.464 e. The van der Waals surface area contributed by atoms with Crippen molar-refractivity contribution in [3.63, 3.8) is 0 Å².